The Kier molecular flexibility index (Phi) is 7.54. The summed E-state index contributed by atoms with van der Waals surface area (Å²) in [5, 5.41) is 9.92. The molecule has 1 atom stereocenters. The van der Waals surface area contributed by atoms with Crippen molar-refractivity contribution in [2.45, 2.75) is 38.0 Å². The first-order valence-electron chi connectivity index (χ1n) is 14.2. The van der Waals surface area contributed by atoms with Crippen LogP contribution in [-0.4, -0.2) is 94.0 Å². The molecule has 0 radical (unpaired) electrons. The molecular formula is C29H34F2N8O3. The largest absolute Gasteiger partial charge is 0.381 e. The van der Waals surface area contributed by atoms with Gasteiger partial charge in [0.05, 0.1) is 44.2 Å². The minimum atomic E-state index is -1.49. The first-order chi connectivity index (χ1) is 20.3. The van der Waals surface area contributed by atoms with Crippen molar-refractivity contribution < 1.29 is 23.1 Å². The van der Waals surface area contributed by atoms with Crippen LogP contribution < -0.4 is 16.4 Å². The van der Waals surface area contributed by atoms with Crippen LogP contribution in [0.2, 0.25) is 0 Å². The van der Waals surface area contributed by atoms with Crippen molar-refractivity contribution in [2.75, 3.05) is 62.3 Å². The molecule has 5 heterocycles. The lowest BCUT2D eigenvalue weighted by atomic mass is 9.98. The lowest BCUT2D eigenvalue weighted by Crippen LogP contribution is -2.57. The van der Waals surface area contributed by atoms with Gasteiger partial charge in [0.25, 0.3) is 11.8 Å². The number of nitrogen functional groups attached to an aromatic ring is 1. The van der Waals surface area contributed by atoms with E-state index in [9.17, 15) is 9.59 Å². The van der Waals surface area contributed by atoms with E-state index < -0.39 is 17.4 Å². The Morgan fingerprint density at radius 2 is 1.98 bits per heavy atom. The van der Waals surface area contributed by atoms with Crippen LogP contribution >= 0.6 is 0 Å². The Labute approximate surface area is 242 Å². The van der Waals surface area contributed by atoms with Gasteiger partial charge in [0.2, 0.25) is 0 Å². The Morgan fingerprint density at radius 1 is 1.19 bits per heavy atom. The van der Waals surface area contributed by atoms with Gasteiger partial charge < -0.3 is 26.0 Å². The van der Waals surface area contributed by atoms with Crippen LogP contribution in [0.1, 0.15) is 40.5 Å². The maximum Gasteiger partial charge on any atom is 0.263 e. The number of rotatable bonds is 7. The van der Waals surface area contributed by atoms with Gasteiger partial charge in [0.1, 0.15) is 22.9 Å². The highest BCUT2D eigenvalue weighted by Gasteiger charge is 2.37. The summed E-state index contributed by atoms with van der Waals surface area (Å²) in [4.78, 5) is 34.7. The van der Waals surface area contributed by atoms with E-state index in [1.54, 1.807) is 17.0 Å². The highest BCUT2D eigenvalue weighted by Crippen LogP contribution is 2.35. The van der Waals surface area contributed by atoms with Gasteiger partial charge in [0.15, 0.2) is 5.82 Å². The average molecular weight is 581 g/mol. The molecule has 6 rings (SSSR count). The summed E-state index contributed by atoms with van der Waals surface area (Å²) in [7, 11) is 0. The van der Waals surface area contributed by atoms with Gasteiger partial charge in [-0.05, 0) is 24.6 Å². The van der Waals surface area contributed by atoms with Gasteiger partial charge in [-0.1, -0.05) is 19.4 Å². The normalized spacial score (nSPS) is 20.9. The molecule has 3 aliphatic heterocycles. The molecule has 222 valence electrons. The molecule has 0 saturated carbocycles. The first-order valence-corrected chi connectivity index (χ1v) is 14.2. The number of piperazine rings is 1. The molecule has 3 aromatic rings. The van der Waals surface area contributed by atoms with Gasteiger partial charge in [0, 0.05) is 49.1 Å². The van der Waals surface area contributed by atoms with Crippen molar-refractivity contribution in [3.05, 3.63) is 53.6 Å². The summed E-state index contributed by atoms with van der Waals surface area (Å²) in [6.45, 7) is 6.04. The number of halogens is 2. The molecule has 4 N–H and O–H groups in total. The van der Waals surface area contributed by atoms with E-state index in [1.807, 2.05) is 6.92 Å². The zero-order valence-electron chi connectivity index (χ0n) is 23.4. The molecule has 0 bridgehead atoms. The van der Waals surface area contributed by atoms with E-state index in [-0.39, 0.29) is 47.2 Å². The molecule has 3 aliphatic rings. The summed E-state index contributed by atoms with van der Waals surface area (Å²) < 4.78 is 37.3. The quantitative estimate of drug-likeness (QED) is 0.389. The Balaban J connectivity index is 1.18. The number of nitrogens with one attached hydrogen (secondary N) is 2. The molecule has 11 nitrogen and oxygen atoms in total. The van der Waals surface area contributed by atoms with Gasteiger partial charge in [-0.25, -0.2) is 13.5 Å². The third kappa shape index (κ3) is 5.29. The third-order valence-electron chi connectivity index (χ3n) is 8.22. The van der Waals surface area contributed by atoms with Gasteiger partial charge in [-0.2, -0.15) is 5.10 Å². The standard InChI is InChI=1S/C29H34F2N8O3/c1-2-6-29(31)16-34-26-24(25(32)36-39(26)17-29)27(40)35-23-13-33-7-5-21(23)20-4-3-18(12-22(20)30)28(41)38-10-8-37(9-11-38)19-14-42-15-19/h3-5,7,12-13,19,34H,2,6,8-11,14-17H2,1H3,(H2,32,36)(H,35,40). The minimum Gasteiger partial charge on any atom is -0.381 e. The molecular weight excluding hydrogens is 546 g/mol. The second-order valence-electron chi connectivity index (χ2n) is 11.1. The molecule has 2 saturated heterocycles. The Morgan fingerprint density at radius 3 is 2.67 bits per heavy atom. The fourth-order valence-corrected chi connectivity index (χ4v) is 5.87. The van der Waals surface area contributed by atoms with Crippen LogP contribution in [0.3, 0.4) is 0 Å². The van der Waals surface area contributed by atoms with Crippen LogP contribution in [0.15, 0.2) is 36.7 Å². The third-order valence-corrected chi connectivity index (χ3v) is 8.22. The minimum absolute atomic E-state index is 0.0137. The Bertz CT molecular complexity index is 1500. The molecule has 42 heavy (non-hydrogen) atoms. The molecule has 2 aromatic heterocycles. The summed E-state index contributed by atoms with van der Waals surface area (Å²) in [5.74, 6) is -1.13. The molecule has 13 heteroatoms. The van der Waals surface area contributed by atoms with E-state index in [0.717, 1.165) is 26.3 Å². The van der Waals surface area contributed by atoms with Crippen LogP contribution in [0.4, 0.5) is 26.1 Å². The van der Waals surface area contributed by atoms with Crippen LogP contribution in [0.5, 0.6) is 0 Å². The molecule has 2 amide bonds. The maximum absolute atomic E-state index is 15.5. The number of fused-ring (bicyclic) bond motifs is 1. The zero-order chi connectivity index (χ0) is 29.4. The number of amides is 2. The van der Waals surface area contributed by atoms with Crippen LogP contribution in [-0.2, 0) is 11.3 Å². The second kappa shape index (κ2) is 11.3. The lowest BCUT2D eigenvalue weighted by molar-refractivity contribution is -0.0746. The number of pyridine rings is 1. The van der Waals surface area contributed by atoms with E-state index in [4.69, 9.17) is 10.5 Å². The number of aromatic nitrogens is 3. The number of carbonyl (C=O) groups excluding carboxylic acids is 2. The highest BCUT2D eigenvalue weighted by molar-refractivity contribution is 6.12. The number of carbonyl (C=O) groups is 2. The van der Waals surface area contributed by atoms with Crippen molar-refractivity contribution in [2.24, 2.45) is 0 Å². The monoisotopic (exact) mass is 580 g/mol. The van der Waals surface area contributed by atoms with Gasteiger partial charge >= 0.3 is 0 Å². The second-order valence-corrected chi connectivity index (χ2v) is 11.1. The summed E-state index contributed by atoms with van der Waals surface area (Å²) in [5.41, 5.74) is 5.75. The maximum atomic E-state index is 15.5. The fourth-order valence-electron chi connectivity index (χ4n) is 5.87. The van der Waals surface area contributed by atoms with Crippen molar-refractivity contribution in [1.82, 2.24) is 24.6 Å². The molecule has 0 aliphatic carbocycles. The number of anilines is 3. The van der Waals surface area contributed by atoms with E-state index in [0.29, 0.717) is 43.4 Å². The van der Waals surface area contributed by atoms with E-state index in [2.05, 4.69) is 25.6 Å². The highest BCUT2D eigenvalue weighted by atomic mass is 19.1. The van der Waals surface area contributed by atoms with Gasteiger partial charge in [-0.3, -0.25) is 19.5 Å². The number of hydrogen-bond donors (Lipinski definition) is 3. The fraction of sp³-hybridized carbons (Fsp3) is 0.448. The average Bonchev–Trinajstić information content (AvgIpc) is 3.27. The number of nitrogens with zero attached hydrogens (tertiary/aromatic N) is 5. The van der Waals surface area contributed by atoms with Crippen molar-refractivity contribution in [1.29, 1.82) is 0 Å². The molecule has 1 unspecified atom stereocenters. The predicted molar refractivity (Wildman–Crippen MR) is 154 cm³/mol. The zero-order valence-corrected chi connectivity index (χ0v) is 23.4. The van der Waals surface area contributed by atoms with Gasteiger partial charge in [-0.15, -0.1) is 0 Å². The molecule has 0 spiro atoms. The lowest BCUT2D eigenvalue weighted by Gasteiger charge is -2.42. The van der Waals surface area contributed by atoms with Crippen molar-refractivity contribution in [3.63, 3.8) is 0 Å². The van der Waals surface area contributed by atoms with Crippen molar-refractivity contribution >= 4 is 29.1 Å². The first kappa shape index (κ1) is 28.0. The van der Waals surface area contributed by atoms with Crippen molar-refractivity contribution in [3.8, 4) is 11.1 Å². The van der Waals surface area contributed by atoms with E-state index in [1.165, 1.54) is 29.2 Å². The number of alkyl halides is 1. The number of nitrogens with two attached hydrogens (primary N) is 1. The summed E-state index contributed by atoms with van der Waals surface area (Å²) >= 11 is 0. The molecule has 1 aromatic carbocycles. The SMILES string of the molecule is CCCC1(F)CNc2c(C(=O)Nc3cnccc3-c3ccc(C(=O)N4CCN(C5COC5)CC4)cc3F)c(N)nn2C1. The van der Waals surface area contributed by atoms with Crippen LogP contribution in [0, 0.1) is 5.82 Å². The number of hydrogen-bond acceptors (Lipinski definition) is 8. The van der Waals surface area contributed by atoms with E-state index >= 15 is 8.78 Å². The Hall–Kier alpha value is -4.10. The smallest absolute Gasteiger partial charge is 0.263 e. The summed E-state index contributed by atoms with van der Waals surface area (Å²) in [6, 6.07) is 6.35. The topological polar surface area (TPSA) is 131 Å². The summed E-state index contributed by atoms with van der Waals surface area (Å²) in [6.07, 6.45) is 3.91. The molecule has 2 fully saturated rings. The number of benzene rings is 1. The number of ether oxygens (including phenoxy) is 1. The predicted octanol–water partition coefficient (Wildman–Crippen LogP) is 3.01. The van der Waals surface area contributed by atoms with Crippen LogP contribution in [0.25, 0.3) is 11.1 Å².